The SMILES string of the molecule is Brc1cncc(CCN2Cc3ccccc3C2)c1. The molecule has 3 rings (SSSR count). The maximum Gasteiger partial charge on any atom is 0.0410 e. The monoisotopic (exact) mass is 302 g/mol. The molecule has 0 bridgehead atoms. The number of pyridine rings is 1. The first-order chi connectivity index (χ1) is 8.81. The molecule has 3 heteroatoms. The van der Waals surface area contributed by atoms with Gasteiger partial charge in [-0.15, -0.1) is 0 Å². The fraction of sp³-hybridized carbons (Fsp3) is 0.267. The zero-order chi connectivity index (χ0) is 12.4. The summed E-state index contributed by atoms with van der Waals surface area (Å²) in [5.74, 6) is 0. The first-order valence-corrected chi connectivity index (χ1v) is 6.99. The van der Waals surface area contributed by atoms with Crippen LogP contribution < -0.4 is 0 Å². The van der Waals surface area contributed by atoms with E-state index in [9.17, 15) is 0 Å². The van der Waals surface area contributed by atoms with E-state index in [4.69, 9.17) is 0 Å². The second kappa shape index (κ2) is 5.21. The van der Waals surface area contributed by atoms with Crippen LogP contribution in [0.4, 0.5) is 0 Å². The van der Waals surface area contributed by atoms with Crippen LogP contribution in [0.2, 0.25) is 0 Å². The number of hydrogen-bond donors (Lipinski definition) is 0. The highest BCUT2D eigenvalue weighted by Crippen LogP contribution is 2.22. The lowest BCUT2D eigenvalue weighted by atomic mass is 10.1. The van der Waals surface area contributed by atoms with Crippen molar-refractivity contribution in [2.45, 2.75) is 19.5 Å². The maximum absolute atomic E-state index is 4.20. The summed E-state index contributed by atoms with van der Waals surface area (Å²) in [7, 11) is 0. The van der Waals surface area contributed by atoms with Gasteiger partial charge in [-0.25, -0.2) is 0 Å². The summed E-state index contributed by atoms with van der Waals surface area (Å²) in [4.78, 5) is 6.70. The van der Waals surface area contributed by atoms with E-state index in [1.807, 2.05) is 12.4 Å². The Bertz CT molecular complexity index is 529. The summed E-state index contributed by atoms with van der Waals surface area (Å²) < 4.78 is 1.06. The molecule has 0 atom stereocenters. The summed E-state index contributed by atoms with van der Waals surface area (Å²) >= 11 is 3.46. The van der Waals surface area contributed by atoms with Crippen molar-refractivity contribution in [1.29, 1.82) is 0 Å². The van der Waals surface area contributed by atoms with Gasteiger partial charge in [0.25, 0.3) is 0 Å². The van der Waals surface area contributed by atoms with Crippen LogP contribution in [0.15, 0.2) is 47.2 Å². The zero-order valence-electron chi connectivity index (χ0n) is 10.1. The minimum Gasteiger partial charge on any atom is -0.294 e. The van der Waals surface area contributed by atoms with Gasteiger partial charge in [0.05, 0.1) is 0 Å². The van der Waals surface area contributed by atoms with E-state index in [0.717, 1.165) is 30.5 Å². The predicted octanol–water partition coefficient (Wildman–Crippen LogP) is 3.40. The Morgan fingerprint density at radius 2 is 1.83 bits per heavy atom. The van der Waals surface area contributed by atoms with Gasteiger partial charge in [-0.05, 0) is 45.1 Å². The molecule has 0 spiro atoms. The molecule has 1 aliphatic rings. The molecule has 2 aromatic rings. The van der Waals surface area contributed by atoms with Crippen LogP contribution in [0, 0.1) is 0 Å². The lowest BCUT2D eigenvalue weighted by Gasteiger charge is -2.14. The summed E-state index contributed by atoms with van der Waals surface area (Å²) in [6, 6.07) is 10.9. The highest BCUT2D eigenvalue weighted by Gasteiger charge is 2.17. The van der Waals surface area contributed by atoms with Crippen molar-refractivity contribution in [2.75, 3.05) is 6.54 Å². The van der Waals surface area contributed by atoms with Gasteiger partial charge < -0.3 is 0 Å². The van der Waals surface area contributed by atoms with Crippen LogP contribution in [-0.2, 0) is 19.5 Å². The summed E-state index contributed by atoms with van der Waals surface area (Å²) in [5.41, 5.74) is 4.25. The summed E-state index contributed by atoms with van der Waals surface area (Å²) in [5, 5.41) is 0. The second-order valence-corrected chi connectivity index (χ2v) is 5.66. The average molecular weight is 303 g/mol. The number of rotatable bonds is 3. The van der Waals surface area contributed by atoms with E-state index < -0.39 is 0 Å². The van der Waals surface area contributed by atoms with Crippen LogP contribution in [0.5, 0.6) is 0 Å². The molecule has 0 aliphatic carbocycles. The maximum atomic E-state index is 4.20. The topological polar surface area (TPSA) is 16.1 Å². The average Bonchev–Trinajstić information content (AvgIpc) is 2.79. The largest absolute Gasteiger partial charge is 0.294 e. The molecule has 1 aliphatic heterocycles. The Labute approximate surface area is 116 Å². The summed E-state index contributed by atoms with van der Waals surface area (Å²) in [6.07, 6.45) is 4.84. The molecule has 0 unspecified atom stereocenters. The number of hydrogen-bond acceptors (Lipinski definition) is 2. The zero-order valence-corrected chi connectivity index (χ0v) is 11.7. The van der Waals surface area contributed by atoms with Crippen molar-refractivity contribution in [1.82, 2.24) is 9.88 Å². The van der Waals surface area contributed by atoms with Crippen LogP contribution >= 0.6 is 15.9 Å². The van der Waals surface area contributed by atoms with E-state index in [-0.39, 0.29) is 0 Å². The van der Waals surface area contributed by atoms with Crippen molar-refractivity contribution in [3.05, 3.63) is 63.9 Å². The molecular weight excluding hydrogens is 288 g/mol. The van der Waals surface area contributed by atoms with Crippen molar-refractivity contribution in [2.24, 2.45) is 0 Å². The quantitative estimate of drug-likeness (QED) is 0.864. The van der Waals surface area contributed by atoms with Crippen molar-refractivity contribution in [3.8, 4) is 0 Å². The highest BCUT2D eigenvalue weighted by molar-refractivity contribution is 9.10. The lowest BCUT2D eigenvalue weighted by molar-refractivity contribution is 0.288. The minimum absolute atomic E-state index is 1.06. The standard InChI is InChI=1S/C15H15BrN2/c16-15-7-12(8-17-9-15)5-6-18-10-13-3-1-2-4-14(13)11-18/h1-4,7-9H,5-6,10-11H2. The molecule has 0 amide bonds. The van der Waals surface area contributed by atoms with Gasteiger partial charge in [-0.3, -0.25) is 9.88 Å². The van der Waals surface area contributed by atoms with Crippen LogP contribution in [0.1, 0.15) is 16.7 Å². The molecule has 0 saturated heterocycles. The van der Waals surface area contributed by atoms with Gasteiger partial charge in [-0.1, -0.05) is 24.3 Å². The molecule has 0 radical (unpaired) electrons. The fourth-order valence-electron chi connectivity index (χ4n) is 2.44. The van der Waals surface area contributed by atoms with Crippen LogP contribution in [0.3, 0.4) is 0 Å². The Morgan fingerprint density at radius 3 is 2.50 bits per heavy atom. The molecule has 2 nitrogen and oxygen atoms in total. The number of aromatic nitrogens is 1. The van der Waals surface area contributed by atoms with E-state index in [1.54, 1.807) is 0 Å². The molecule has 0 N–H and O–H groups in total. The van der Waals surface area contributed by atoms with Gasteiger partial charge >= 0.3 is 0 Å². The normalized spacial score (nSPS) is 14.7. The molecular formula is C15H15BrN2. The second-order valence-electron chi connectivity index (χ2n) is 4.74. The first-order valence-electron chi connectivity index (χ1n) is 6.20. The number of halogens is 1. The van der Waals surface area contributed by atoms with Gasteiger partial charge in [0, 0.05) is 36.5 Å². The summed E-state index contributed by atoms with van der Waals surface area (Å²) in [6.45, 7) is 3.25. The van der Waals surface area contributed by atoms with Gasteiger partial charge in [0.15, 0.2) is 0 Å². The molecule has 1 aromatic carbocycles. The first kappa shape index (κ1) is 11.9. The lowest BCUT2D eigenvalue weighted by Crippen LogP contribution is -2.19. The molecule has 0 fully saturated rings. The van der Waals surface area contributed by atoms with Gasteiger partial charge in [0.2, 0.25) is 0 Å². The van der Waals surface area contributed by atoms with E-state index >= 15 is 0 Å². The molecule has 92 valence electrons. The predicted molar refractivity (Wildman–Crippen MR) is 76.2 cm³/mol. The highest BCUT2D eigenvalue weighted by atomic mass is 79.9. The Kier molecular flexibility index (Phi) is 3.43. The Hall–Kier alpha value is -1.19. The smallest absolute Gasteiger partial charge is 0.0410 e. The molecule has 1 aromatic heterocycles. The van der Waals surface area contributed by atoms with E-state index in [0.29, 0.717) is 0 Å². The number of fused-ring (bicyclic) bond motifs is 1. The Morgan fingerprint density at radius 1 is 1.11 bits per heavy atom. The van der Waals surface area contributed by atoms with Crippen molar-refractivity contribution < 1.29 is 0 Å². The minimum atomic E-state index is 1.06. The fourth-order valence-corrected chi connectivity index (χ4v) is 2.85. The van der Waals surface area contributed by atoms with Gasteiger partial charge in [-0.2, -0.15) is 0 Å². The van der Waals surface area contributed by atoms with Crippen LogP contribution in [-0.4, -0.2) is 16.4 Å². The van der Waals surface area contributed by atoms with E-state index in [2.05, 4.69) is 56.1 Å². The molecule has 2 heterocycles. The number of benzene rings is 1. The van der Waals surface area contributed by atoms with Gasteiger partial charge in [0.1, 0.15) is 0 Å². The van der Waals surface area contributed by atoms with Crippen LogP contribution in [0.25, 0.3) is 0 Å². The van der Waals surface area contributed by atoms with Crippen molar-refractivity contribution >= 4 is 15.9 Å². The molecule has 0 saturated carbocycles. The third-order valence-electron chi connectivity index (χ3n) is 3.38. The van der Waals surface area contributed by atoms with E-state index in [1.165, 1.54) is 16.7 Å². The van der Waals surface area contributed by atoms with Crippen molar-refractivity contribution in [3.63, 3.8) is 0 Å². The third kappa shape index (κ3) is 2.62. The molecule has 18 heavy (non-hydrogen) atoms. The third-order valence-corrected chi connectivity index (χ3v) is 3.82. The number of nitrogens with zero attached hydrogens (tertiary/aromatic N) is 2. The Balaban J connectivity index is 1.60.